The molecule has 0 radical (unpaired) electrons. The van der Waals surface area contributed by atoms with Gasteiger partial charge in [0, 0.05) is 13.1 Å². The maximum Gasteiger partial charge on any atom is 0.245 e. The van der Waals surface area contributed by atoms with Crippen molar-refractivity contribution in [3.63, 3.8) is 0 Å². The van der Waals surface area contributed by atoms with E-state index in [0.29, 0.717) is 5.92 Å². The van der Waals surface area contributed by atoms with E-state index in [-0.39, 0.29) is 0 Å². The van der Waals surface area contributed by atoms with E-state index in [0.717, 1.165) is 49.8 Å². The lowest BCUT2D eigenvalue weighted by atomic mass is 9.97. The van der Waals surface area contributed by atoms with Crippen molar-refractivity contribution in [2.24, 2.45) is 11.7 Å². The Morgan fingerprint density at radius 3 is 2.94 bits per heavy atom. The average molecular weight is 247 g/mol. The Morgan fingerprint density at radius 1 is 1.44 bits per heavy atom. The summed E-state index contributed by atoms with van der Waals surface area (Å²) in [6.07, 6.45) is 5.52. The second-order valence-electron chi connectivity index (χ2n) is 4.66. The lowest BCUT2D eigenvalue weighted by molar-refractivity contribution is 0.411. The van der Waals surface area contributed by atoms with E-state index in [1.165, 1.54) is 0 Å². The van der Waals surface area contributed by atoms with Crippen molar-refractivity contribution in [1.82, 2.24) is 15.2 Å². The number of nitrogens with one attached hydrogen (secondary N) is 1. The fraction of sp³-hybridized carbons (Fsp3) is 0.500. The van der Waals surface area contributed by atoms with Gasteiger partial charge in [0.25, 0.3) is 0 Å². The van der Waals surface area contributed by atoms with Crippen LogP contribution in [0.1, 0.15) is 12.8 Å². The number of hydrogen-bond donors (Lipinski definition) is 2. The molecule has 1 aliphatic heterocycles. The monoisotopic (exact) mass is 247 g/mol. The molecule has 3 N–H and O–H groups in total. The van der Waals surface area contributed by atoms with Crippen LogP contribution in [0.5, 0.6) is 0 Å². The third-order valence-electron chi connectivity index (χ3n) is 3.50. The molecule has 0 atom stereocenters. The van der Waals surface area contributed by atoms with Crippen LogP contribution in [0.25, 0.3) is 11.4 Å². The van der Waals surface area contributed by atoms with Gasteiger partial charge in [0.05, 0.1) is 11.8 Å². The van der Waals surface area contributed by atoms with Crippen molar-refractivity contribution in [1.29, 1.82) is 0 Å². The number of piperidine rings is 1. The van der Waals surface area contributed by atoms with Crippen molar-refractivity contribution in [3.05, 3.63) is 18.6 Å². The summed E-state index contributed by atoms with van der Waals surface area (Å²) in [5.74, 6) is 2.16. The Labute approximate surface area is 105 Å². The van der Waals surface area contributed by atoms with Gasteiger partial charge in [-0.1, -0.05) is 0 Å². The predicted molar refractivity (Wildman–Crippen MR) is 68.1 cm³/mol. The van der Waals surface area contributed by atoms with Gasteiger partial charge in [-0.05, 0) is 31.4 Å². The second kappa shape index (κ2) is 4.81. The summed E-state index contributed by atoms with van der Waals surface area (Å²) < 4.78 is 5.04. The number of aromatic nitrogens is 3. The minimum Gasteiger partial charge on any atom is -0.472 e. The van der Waals surface area contributed by atoms with E-state index in [1.807, 2.05) is 6.07 Å². The van der Waals surface area contributed by atoms with Gasteiger partial charge in [-0.15, -0.1) is 5.10 Å². The Kier molecular flexibility index (Phi) is 3.02. The molecule has 18 heavy (non-hydrogen) atoms. The molecule has 0 amide bonds. The summed E-state index contributed by atoms with van der Waals surface area (Å²) in [6, 6.07) is 1.87. The van der Waals surface area contributed by atoms with Crippen molar-refractivity contribution in [3.8, 4) is 11.4 Å². The summed E-state index contributed by atoms with van der Waals surface area (Å²) in [5.41, 5.74) is 6.61. The van der Waals surface area contributed by atoms with E-state index >= 15 is 0 Å². The molecular formula is C12H17N5O. The normalized spacial score (nSPS) is 17.3. The molecule has 0 aliphatic carbocycles. The maximum atomic E-state index is 5.69. The van der Waals surface area contributed by atoms with E-state index < -0.39 is 0 Å². The number of furan rings is 1. The maximum absolute atomic E-state index is 5.69. The molecule has 0 spiro atoms. The van der Waals surface area contributed by atoms with Crippen LogP contribution in [-0.2, 0) is 0 Å². The Hall–Kier alpha value is -1.82. The van der Waals surface area contributed by atoms with Crippen molar-refractivity contribution >= 4 is 5.95 Å². The molecule has 0 bridgehead atoms. The van der Waals surface area contributed by atoms with Crippen LogP contribution < -0.4 is 10.6 Å². The Bertz CT molecular complexity index is 484. The highest BCUT2D eigenvalue weighted by atomic mass is 16.3. The summed E-state index contributed by atoms with van der Waals surface area (Å²) in [6.45, 7) is 2.73. The second-order valence-corrected chi connectivity index (χ2v) is 4.66. The highest BCUT2D eigenvalue weighted by Crippen LogP contribution is 2.22. The lowest BCUT2D eigenvalue weighted by Gasteiger charge is -2.30. The fourth-order valence-electron chi connectivity index (χ4n) is 2.29. The number of nitrogens with zero attached hydrogens (tertiary/aromatic N) is 3. The van der Waals surface area contributed by atoms with Crippen LogP contribution in [-0.4, -0.2) is 34.8 Å². The minimum absolute atomic E-state index is 0.647. The fourth-order valence-corrected chi connectivity index (χ4v) is 2.29. The van der Waals surface area contributed by atoms with Crippen LogP contribution >= 0.6 is 0 Å². The van der Waals surface area contributed by atoms with Gasteiger partial charge in [0.1, 0.15) is 6.26 Å². The molecule has 3 rings (SSSR count). The van der Waals surface area contributed by atoms with Crippen LogP contribution in [0.15, 0.2) is 23.0 Å². The SMILES string of the molecule is NCC1CCN(c2n[nH]c(-c3ccoc3)n2)CC1. The van der Waals surface area contributed by atoms with Crippen LogP contribution in [0, 0.1) is 5.92 Å². The van der Waals surface area contributed by atoms with Crippen LogP contribution in [0.2, 0.25) is 0 Å². The first kappa shape index (κ1) is 11.3. The zero-order valence-corrected chi connectivity index (χ0v) is 10.2. The molecule has 2 aromatic heterocycles. The van der Waals surface area contributed by atoms with E-state index in [1.54, 1.807) is 12.5 Å². The number of H-pyrrole nitrogens is 1. The number of anilines is 1. The number of hydrogen-bond acceptors (Lipinski definition) is 5. The number of nitrogens with two attached hydrogens (primary N) is 1. The first-order chi connectivity index (χ1) is 8.86. The van der Waals surface area contributed by atoms with Gasteiger partial charge < -0.3 is 15.1 Å². The van der Waals surface area contributed by atoms with E-state index in [4.69, 9.17) is 10.2 Å². The van der Waals surface area contributed by atoms with Gasteiger partial charge in [-0.2, -0.15) is 4.98 Å². The molecule has 2 aromatic rings. The van der Waals surface area contributed by atoms with Crippen LogP contribution in [0.3, 0.4) is 0 Å². The number of rotatable bonds is 3. The highest BCUT2D eigenvalue weighted by Gasteiger charge is 2.21. The Morgan fingerprint density at radius 2 is 2.28 bits per heavy atom. The molecule has 0 unspecified atom stereocenters. The quantitative estimate of drug-likeness (QED) is 0.852. The van der Waals surface area contributed by atoms with Crippen LogP contribution in [0.4, 0.5) is 5.95 Å². The van der Waals surface area contributed by atoms with Crippen molar-refractivity contribution < 1.29 is 4.42 Å². The van der Waals surface area contributed by atoms with Gasteiger partial charge in [0.15, 0.2) is 5.82 Å². The predicted octanol–water partition coefficient (Wildman–Crippen LogP) is 1.24. The van der Waals surface area contributed by atoms with E-state index in [2.05, 4.69) is 20.1 Å². The lowest BCUT2D eigenvalue weighted by Crippen LogP contribution is -2.36. The largest absolute Gasteiger partial charge is 0.472 e. The van der Waals surface area contributed by atoms with E-state index in [9.17, 15) is 0 Å². The first-order valence-corrected chi connectivity index (χ1v) is 6.27. The summed E-state index contributed by atoms with van der Waals surface area (Å²) in [4.78, 5) is 6.70. The third kappa shape index (κ3) is 2.11. The molecule has 3 heterocycles. The Balaban J connectivity index is 1.71. The molecule has 0 aromatic carbocycles. The highest BCUT2D eigenvalue weighted by molar-refractivity contribution is 5.54. The summed E-state index contributed by atoms with van der Waals surface area (Å²) in [7, 11) is 0. The molecule has 0 saturated carbocycles. The van der Waals surface area contributed by atoms with Gasteiger partial charge >= 0.3 is 0 Å². The average Bonchev–Trinajstić information content (AvgIpc) is 3.09. The molecule has 6 nitrogen and oxygen atoms in total. The molecule has 1 saturated heterocycles. The minimum atomic E-state index is 0.647. The molecule has 1 fully saturated rings. The smallest absolute Gasteiger partial charge is 0.245 e. The van der Waals surface area contributed by atoms with Gasteiger partial charge in [-0.25, -0.2) is 0 Å². The van der Waals surface area contributed by atoms with Gasteiger partial charge in [-0.3, -0.25) is 5.10 Å². The molecule has 6 heteroatoms. The molecule has 96 valence electrons. The number of aromatic amines is 1. The standard InChI is InChI=1S/C12H17N5O/c13-7-9-1-4-17(5-2-9)12-14-11(15-16-12)10-3-6-18-8-10/h3,6,8-9H,1-2,4-5,7,13H2,(H,14,15,16). The molecule has 1 aliphatic rings. The molecular weight excluding hydrogens is 230 g/mol. The third-order valence-corrected chi connectivity index (χ3v) is 3.50. The summed E-state index contributed by atoms with van der Waals surface area (Å²) in [5, 5.41) is 7.21. The topological polar surface area (TPSA) is 84.0 Å². The summed E-state index contributed by atoms with van der Waals surface area (Å²) >= 11 is 0. The van der Waals surface area contributed by atoms with Gasteiger partial charge in [0.2, 0.25) is 5.95 Å². The van der Waals surface area contributed by atoms with Crippen molar-refractivity contribution in [2.75, 3.05) is 24.5 Å². The first-order valence-electron chi connectivity index (χ1n) is 6.27. The zero-order valence-electron chi connectivity index (χ0n) is 10.2. The zero-order chi connectivity index (χ0) is 12.4. The van der Waals surface area contributed by atoms with Crippen molar-refractivity contribution in [2.45, 2.75) is 12.8 Å².